The first kappa shape index (κ1) is 12.5. The van der Waals surface area contributed by atoms with Crippen LogP contribution in [0.1, 0.15) is 10.5 Å². The molecule has 8 heteroatoms. The van der Waals surface area contributed by atoms with E-state index in [-0.39, 0.29) is 17.9 Å². The number of hydrogen-bond donors (Lipinski definition) is 3. The number of carbonyl (C=O) groups is 1. The second-order valence-electron chi connectivity index (χ2n) is 4.46. The number of nitro groups is 1. The summed E-state index contributed by atoms with van der Waals surface area (Å²) < 4.78 is 1.39. The van der Waals surface area contributed by atoms with Crippen molar-refractivity contribution in [3.05, 3.63) is 28.1 Å². The molecule has 1 aliphatic heterocycles. The maximum atomic E-state index is 11.8. The molecule has 0 aromatic carbocycles. The number of nitrogens with one attached hydrogen (secondary N) is 2. The number of hydrogen-bond acceptors (Lipinski definition) is 5. The monoisotopic (exact) mass is 254 g/mol. The maximum Gasteiger partial charge on any atom is 0.287 e. The summed E-state index contributed by atoms with van der Waals surface area (Å²) in [5, 5.41) is 25.8. The summed E-state index contributed by atoms with van der Waals surface area (Å²) in [7, 11) is 1.56. The number of β-amino-alcohol motifs (C(OH)–C–C–N with tert-alkyl or cyclic N) is 1. The largest absolute Gasteiger partial charge is 0.385 e. The standard InChI is InChI=1S/C10H14N4O4/c1-13-3-7(14(17)18)2-8(13)9(15)12-6-10(16)4-11-5-10/h2-3,11,16H,4-6H2,1H3,(H,12,15). The highest BCUT2D eigenvalue weighted by Crippen LogP contribution is 2.15. The predicted molar refractivity (Wildman–Crippen MR) is 62.2 cm³/mol. The number of rotatable bonds is 4. The molecule has 1 aromatic heterocycles. The van der Waals surface area contributed by atoms with Crippen molar-refractivity contribution in [1.29, 1.82) is 0 Å². The summed E-state index contributed by atoms with van der Waals surface area (Å²) in [5.74, 6) is -0.439. The Balaban J connectivity index is 2.02. The molecule has 0 radical (unpaired) electrons. The van der Waals surface area contributed by atoms with Crippen LogP contribution in [0, 0.1) is 10.1 Å². The fourth-order valence-corrected chi connectivity index (χ4v) is 1.75. The van der Waals surface area contributed by atoms with Crippen molar-refractivity contribution in [3.63, 3.8) is 0 Å². The fourth-order valence-electron chi connectivity index (χ4n) is 1.75. The Labute approximate surface area is 103 Å². The second kappa shape index (κ2) is 4.39. The SMILES string of the molecule is Cn1cc([N+](=O)[O-])cc1C(=O)NCC1(O)CNC1. The first-order valence-corrected chi connectivity index (χ1v) is 5.43. The molecule has 1 aliphatic rings. The topological polar surface area (TPSA) is 109 Å². The van der Waals surface area contributed by atoms with Gasteiger partial charge in [-0.1, -0.05) is 0 Å². The van der Waals surface area contributed by atoms with Crippen LogP contribution < -0.4 is 10.6 Å². The lowest BCUT2D eigenvalue weighted by molar-refractivity contribution is -0.384. The van der Waals surface area contributed by atoms with E-state index in [1.165, 1.54) is 16.8 Å². The molecule has 1 amide bonds. The Hall–Kier alpha value is -1.93. The number of aryl methyl sites for hydroxylation is 1. The van der Waals surface area contributed by atoms with Crippen LogP contribution in [0.15, 0.2) is 12.3 Å². The van der Waals surface area contributed by atoms with Gasteiger partial charge in [0.1, 0.15) is 11.3 Å². The van der Waals surface area contributed by atoms with Gasteiger partial charge in [-0.2, -0.15) is 0 Å². The molecular formula is C10H14N4O4. The average molecular weight is 254 g/mol. The molecule has 0 atom stereocenters. The number of aliphatic hydroxyl groups is 1. The van der Waals surface area contributed by atoms with E-state index < -0.39 is 16.4 Å². The van der Waals surface area contributed by atoms with E-state index in [4.69, 9.17) is 0 Å². The lowest BCUT2D eigenvalue weighted by atomic mass is 9.97. The first-order valence-electron chi connectivity index (χ1n) is 5.43. The van der Waals surface area contributed by atoms with Crippen molar-refractivity contribution in [2.45, 2.75) is 5.60 Å². The van der Waals surface area contributed by atoms with E-state index in [0.29, 0.717) is 13.1 Å². The number of nitrogens with zero attached hydrogens (tertiary/aromatic N) is 2. The van der Waals surface area contributed by atoms with Crippen molar-refractivity contribution >= 4 is 11.6 Å². The van der Waals surface area contributed by atoms with Gasteiger partial charge < -0.3 is 20.3 Å². The molecule has 1 saturated heterocycles. The number of carbonyl (C=O) groups excluding carboxylic acids is 1. The van der Waals surface area contributed by atoms with Crippen molar-refractivity contribution in [2.75, 3.05) is 19.6 Å². The number of aromatic nitrogens is 1. The van der Waals surface area contributed by atoms with Gasteiger partial charge >= 0.3 is 0 Å². The zero-order valence-electron chi connectivity index (χ0n) is 9.84. The molecule has 3 N–H and O–H groups in total. The Morgan fingerprint density at radius 2 is 2.39 bits per heavy atom. The summed E-state index contributed by atoms with van der Waals surface area (Å²) in [6.07, 6.45) is 1.27. The van der Waals surface area contributed by atoms with Crippen molar-refractivity contribution in [3.8, 4) is 0 Å². The zero-order valence-corrected chi connectivity index (χ0v) is 9.84. The molecule has 0 aliphatic carbocycles. The van der Waals surface area contributed by atoms with E-state index in [1.54, 1.807) is 7.05 Å². The van der Waals surface area contributed by atoms with E-state index in [9.17, 15) is 20.0 Å². The quantitative estimate of drug-likeness (QED) is 0.471. The van der Waals surface area contributed by atoms with Crippen LogP contribution in [0.5, 0.6) is 0 Å². The average Bonchev–Trinajstić information content (AvgIpc) is 2.66. The Morgan fingerprint density at radius 1 is 1.72 bits per heavy atom. The highest BCUT2D eigenvalue weighted by atomic mass is 16.6. The molecular weight excluding hydrogens is 240 g/mol. The third-order valence-corrected chi connectivity index (χ3v) is 2.92. The third kappa shape index (κ3) is 2.34. The molecule has 0 saturated carbocycles. The van der Waals surface area contributed by atoms with Crippen molar-refractivity contribution in [1.82, 2.24) is 15.2 Å². The van der Waals surface area contributed by atoms with Gasteiger partial charge in [-0.05, 0) is 0 Å². The van der Waals surface area contributed by atoms with Gasteiger partial charge in [0.2, 0.25) is 0 Å². The Bertz CT molecular complexity index is 492. The van der Waals surface area contributed by atoms with Crippen LogP contribution in [0.25, 0.3) is 0 Å². The van der Waals surface area contributed by atoms with Crippen LogP contribution in [0.3, 0.4) is 0 Å². The lowest BCUT2D eigenvalue weighted by Gasteiger charge is -2.37. The molecule has 18 heavy (non-hydrogen) atoms. The summed E-state index contributed by atoms with van der Waals surface area (Å²) in [6.45, 7) is 0.985. The van der Waals surface area contributed by atoms with Crippen LogP contribution in [-0.4, -0.2) is 45.7 Å². The summed E-state index contributed by atoms with van der Waals surface area (Å²) in [6, 6.07) is 1.21. The Kier molecular flexibility index (Phi) is 3.05. The molecule has 2 heterocycles. The van der Waals surface area contributed by atoms with Crippen LogP contribution >= 0.6 is 0 Å². The highest BCUT2D eigenvalue weighted by molar-refractivity contribution is 5.93. The van der Waals surface area contributed by atoms with Gasteiger partial charge in [-0.25, -0.2) is 0 Å². The molecule has 0 spiro atoms. The number of amides is 1. The van der Waals surface area contributed by atoms with Gasteiger partial charge in [0.05, 0.1) is 11.1 Å². The summed E-state index contributed by atoms with van der Waals surface area (Å²) in [5.41, 5.74) is -0.850. The van der Waals surface area contributed by atoms with Crippen molar-refractivity contribution < 1.29 is 14.8 Å². The molecule has 98 valence electrons. The van der Waals surface area contributed by atoms with Gasteiger partial charge in [0, 0.05) is 32.7 Å². The maximum absolute atomic E-state index is 11.8. The van der Waals surface area contributed by atoms with E-state index >= 15 is 0 Å². The van der Waals surface area contributed by atoms with Crippen LogP contribution in [-0.2, 0) is 7.05 Å². The minimum absolute atomic E-state index is 0.123. The third-order valence-electron chi connectivity index (χ3n) is 2.92. The normalized spacial score (nSPS) is 17.0. The van der Waals surface area contributed by atoms with Crippen LogP contribution in [0.2, 0.25) is 0 Å². The van der Waals surface area contributed by atoms with Gasteiger partial charge in [-0.3, -0.25) is 14.9 Å². The predicted octanol–water partition coefficient (Wildman–Crippen LogP) is -1.00. The first-order chi connectivity index (χ1) is 8.41. The molecule has 0 bridgehead atoms. The minimum Gasteiger partial charge on any atom is -0.385 e. The highest BCUT2D eigenvalue weighted by Gasteiger charge is 2.34. The molecule has 1 fully saturated rings. The van der Waals surface area contributed by atoms with Crippen molar-refractivity contribution in [2.24, 2.45) is 7.05 Å². The Morgan fingerprint density at radius 3 is 2.83 bits per heavy atom. The van der Waals surface area contributed by atoms with E-state index in [0.717, 1.165) is 0 Å². The smallest absolute Gasteiger partial charge is 0.287 e. The zero-order chi connectivity index (χ0) is 13.3. The van der Waals surface area contributed by atoms with Crippen LogP contribution in [0.4, 0.5) is 5.69 Å². The fraction of sp³-hybridized carbons (Fsp3) is 0.500. The van der Waals surface area contributed by atoms with Gasteiger partial charge in [-0.15, -0.1) is 0 Å². The van der Waals surface area contributed by atoms with E-state index in [1.807, 2.05) is 0 Å². The van der Waals surface area contributed by atoms with Gasteiger partial charge in [0.15, 0.2) is 0 Å². The molecule has 0 unspecified atom stereocenters. The minimum atomic E-state index is -0.910. The summed E-state index contributed by atoms with van der Waals surface area (Å²) >= 11 is 0. The molecule has 8 nitrogen and oxygen atoms in total. The second-order valence-corrected chi connectivity index (χ2v) is 4.46. The summed E-state index contributed by atoms with van der Waals surface area (Å²) in [4.78, 5) is 21.8. The van der Waals surface area contributed by atoms with E-state index in [2.05, 4.69) is 10.6 Å². The molecule has 1 aromatic rings. The lowest BCUT2D eigenvalue weighted by Crippen LogP contribution is -2.64. The van der Waals surface area contributed by atoms with Gasteiger partial charge in [0.25, 0.3) is 11.6 Å². The molecule has 2 rings (SSSR count).